The van der Waals surface area contributed by atoms with Crippen molar-refractivity contribution in [2.24, 2.45) is 5.92 Å². The molecule has 2 aliphatic heterocycles. The van der Waals surface area contributed by atoms with Crippen molar-refractivity contribution >= 4 is 17.7 Å². The first kappa shape index (κ1) is 14.9. The highest BCUT2D eigenvalue weighted by Crippen LogP contribution is 2.34. The molecule has 0 spiro atoms. The Bertz CT molecular complexity index is 485. The fourth-order valence-electron chi connectivity index (χ4n) is 3.15. The third-order valence-corrected chi connectivity index (χ3v) is 5.70. The minimum absolute atomic E-state index is 0.0848. The van der Waals surface area contributed by atoms with Crippen LogP contribution in [0.3, 0.4) is 0 Å². The van der Waals surface area contributed by atoms with Crippen molar-refractivity contribution in [3.8, 4) is 0 Å². The van der Waals surface area contributed by atoms with Crippen molar-refractivity contribution in [2.45, 2.75) is 44.1 Å². The highest BCUT2D eigenvalue weighted by atomic mass is 32.2. The summed E-state index contributed by atoms with van der Waals surface area (Å²) in [4.78, 5) is 12.5. The molecule has 2 fully saturated rings. The molecule has 1 N–H and O–H groups in total. The van der Waals surface area contributed by atoms with E-state index in [2.05, 4.69) is 17.3 Å². The van der Waals surface area contributed by atoms with E-state index in [1.165, 1.54) is 18.6 Å². The zero-order valence-electron chi connectivity index (χ0n) is 12.5. The Hall–Kier alpha value is -1.01. The van der Waals surface area contributed by atoms with E-state index in [9.17, 15) is 4.79 Å². The van der Waals surface area contributed by atoms with E-state index in [-0.39, 0.29) is 17.9 Å². The molecular formula is C15H23N3O2S. The molecule has 1 amide bonds. The quantitative estimate of drug-likeness (QED) is 0.904. The summed E-state index contributed by atoms with van der Waals surface area (Å²) in [5.41, 5.74) is 1.02. The molecule has 0 radical (unpaired) electrons. The third-order valence-electron chi connectivity index (χ3n) is 4.30. The largest absolute Gasteiger partial charge is 0.371 e. The average Bonchev–Trinajstić information content (AvgIpc) is 3.23. The van der Waals surface area contributed by atoms with Crippen LogP contribution in [-0.4, -0.2) is 39.8 Å². The van der Waals surface area contributed by atoms with Gasteiger partial charge in [0.15, 0.2) is 0 Å². The molecule has 3 heterocycles. The van der Waals surface area contributed by atoms with Crippen LogP contribution in [-0.2, 0) is 16.1 Å². The molecule has 2 aliphatic rings. The predicted octanol–water partition coefficient (Wildman–Crippen LogP) is 1.99. The van der Waals surface area contributed by atoms with Gasteiger partial charge < -0.3 is 10.1 Å². The smallest absolute Gasteiger partial charge is 0.226 e. The van der Waals surface area contributed by atoms with Gasteiger partial charge in [0.1, 0.15) is 6.10 Å². The highest BCUT2D eigenvalue weighted by molar-refractivity contribution is 8.00. The summed E-state index contributed by atoms with van der Waals surface area (Å²) < 4.78 is 7.74. The predicted molar refractivity (Wildman–Crippen MR) is 83.2 cm³/mol. The van der Waals surface area contributed by atoms with Gasteiger partial charge in [-0.05, 0) is 38.0 Å². The monoisotopic (exact) mass is 309 g/mol. The Labute approximate surface area is 129 Å². The van der Waals surface area contributed by atoms with Crippen molar-refractivity contribution in [1.29, 1.82) is 0 Å². The van der Waals surface area contributed by atoms with Gasteiger partial charge in [-0.3, -0.25) is 9.48 Å². The molecule has 21 heavy (non-hydrogen) atoms. The molecule has 1 unspecified atom stereocenters. The number of thioether (sulfide) groups is 1. The Balaban J connectivity index is 1.61. The number of aryl methyl sites for hydroxylation is 1. The highest BCUT2D eigenvalue weighted by Gasteiger charge is 2.37. The molecule has 0 bridgehead atoms. The van der Waals surface area contributed by atoms with Crippen LogP contribution in [0.25, 0.3) is 0 Å². The van der Waals surface area contributed by atoms with Crippen LogP contribution in [0.4, 0.5) is 0 Å². The van der Waals surface area contributed by atoms with Crippen molar-refractivity contribution in [2.75, 3.05) is 18.9 Å². The molecule has 6 heteroatoms. The minimum Gasteiger partial charge on any atom is -0.371 e. The SMILES string of the molecule is CCn1nccc1[C@@H]1OCC[C@H]1C(=O)NCC1CCCS1. The summed E-state index contributed by atoms with van der Waals surface area (Å²) in [7, 11) is 0. The zero-order valence-corrected chi connectivity index (χ0v) is 13.3. The lowest BCUT2D eigenvalue weighted by Gasteiger charge is -2.20. The molecule has 5 nitrogen and oxygen atoms in total. The van der Waals surface area contributed by atoms with Gasteiger partial charge in [0.25, 0.3) is 0 Å². The lowest BCUT2D eigenvalue weighted by Crippen LogP contribution is -2.36. The van der Waals surface area contributed by atoms with E-state index < -0.39 is 0 Å². The second-order valence-corrected chi connectivity index (χ2v) is 7.05. The van der Waals surface area contributed by atoms with Crippen LogP contribution in [0, 0.1) is 5.92 Å². The first-order valence-corrected chi connectivity index (χ1v) is 8.87. The van der Waals surface area contributed by atoms with Gasteiger partial charge >= 0.3 is 0 Å². The summed E-state index contributed by atoms with van der Waals surface area (Å²) >= 11 is 1.97. The van der Waals surface area contributed by atoms with Crippen LogP contribution in [0.15, 0.2) is 12.3 Å². The van der Waals surface area contributed by atoms with Crippen LogP contribution in [0.1, 0.15) is 38.0 Å². The van der Waals surface area contributed by atoms with Crippen LogP contribution < -0.4 is 5.32 Å². The van der Waals surface area contributed by atoms with Gasteiger partial charge in [0.2, 0.25) is 5.91 Å². The number of carbonyl (C=O) groups excluding carboxylic acids is 1. The number of nitrogens with one attached hydrogen (secondary N) is 1. The Morgan fingerprint density at radius 3 is 3.24 bits per heavy atom. The Kier molecular flexibility index (Phi) is 4.85. The summed E-state index contributed by atoms with van der Waals surface area (Å²) in [6, 6.07) is 1.96. The lowest BCUT2D eigenvalue weighted by molar-refractivity contribution is -0.126. The summed E-state index contributed by atoms with van der Waals surface area (Å²) in [6.45, 7) is 4.29. The Morgan fingerprint density at radius 2 is 2.48 bits per heavy atom. The minimum atomic E-state index is -0.149. The maximum Gasteiger partial charge on any atom is 0.226 e. The molecule has 3 rings (SSSR count). The standard InChI is InChI=1S/C15H23N3O2S/c1-2-18-13(5-7-17-18)14-12(6-8-20-14)15(19)16-10-11-4-3-9-21-11/h5,7,11-12,14H,2-4,6,8-10H2,1H3,(H,16,19)/t11?,12-,14-/m1/s1. The number of ether oxygens (including phenoxy) is 1. The molecule has 3 atom stereocenters. The summed E-state index contributed by atoms with van der Waals surface area (Å²) in [5, 5.41) is 8.00. The fourth-order valence-corrected chi connectivity index (χ4v) is 4.35. The number of carbonyl (C=O) groups is 1. The van der Waals surface area contributed by atoms with Crippen molar-refractivity contribution in [3.05, 3.63) is 18.0 Å². The van der Waals surface area contributed by atoms with Crippen molar-refractivity contribution < 1.29 is 9.53 Å². The number of amides is 1. The van der Waals surface area contributed by atoms with E-state index in [0.29, 0.717) is 11.9 Å². The lowest BCUT2D eigenvalue weighted by atomic mass is 9.98. The van der Waals surface area contributed by atoms with Gasteiger partial charge in [-0.2, -0.15) is 16.9 Å². The number of nitrogens with zero attached hydrogens (tertiary/aromatic N) is 2. The van der Waals surface area contributed by atoms with Crippen molar-refractivity contribution in [1.82, 2.24) is 15.1 Å². The second kappa shape index (κ2) is 6.83. The number of aromatic nitrogens is 2. The molecule has 116 valence electrons. The summed E-state index contributed by atoms with van der Waals surface area (Å²) in [6.07, 6.45) is 4.92. The molecule has 1 aromatic heterocycles. The van der Waals surface area contributed by atoms with Gasteiger partial charge in [0.05, 0.1) is 11.6 Å². The number of hydrogen-bond donors (Lipinski definition) is 1. The third kappa shape index (κ3) is 3.26. The van der Waals surface area contributed by atoms with E-state index in [1.807, 2.05) is 22.5 Å². The maximum absolute atomic E-state index is 12.5. The van der Waals surface area contributed by atoms with Crippen LogP contribution >= 0.6 is 11.8 Å². The summed E-state index contributed by atoms with van der Waals surface area (Å²) in [5.74, 6) is 1.28. The van der Waals surface area contributed by atoms with E-state index >= 15 is 0 Å². The van der Waals surface area contributed by atoms with E-state index in [0.717, 1.165) is 25.2 Å². The Morgan fingerprint density at radius 1 is 1.57 bits per heavy atom. The molecule has 2 saturated heterocycles. The topological polar surface area (TPSA) is 56.2 Å². The molecular weight excluding hydrogens is 286 g/mol. The van der Waals surface area contributed by atoms with Gasteiger partial charge in [-0.25, -0.2) is 0 Å². The normalized spacial score (nSPS) is 28.9. The zero-order chi connectivity index (χ0) is 14.7. The van der Waals surface area contributed by atoms with Gasteiger partial charge in [-0.1, -0.05) is 0 Å². The second-order valence-electron chi connectivity index (χ2n) is 5.64. The van der Waals surface area contributed by atoms with Gasteiger partial charge in [0, 0.05) is 31.1 Å². The van der Waals surface area contributed by atoms with Crippen LogP contribution in [0.2, 0.25) is 0 Å². The van der Waals surface area contributed by atoms with E-state index in [4.69, 9.17) is 4.74 Å². The first-order valence-electron chi connectivity index (χ1n) is 7.82. The van der Waals surface area contributed by atoms with E-state index in [1.54, 1.807) is 6.20 Å². The maximum atomic E-state index is 12.5. The van der Waals surface area contributed by atoms with Crippen LogP contribution in [0.5, 0.6) is 0 Å². The van der Waals surface area contributed by atoms with Gasteiger partial charge in [-0.15, -0.1) is 0 Å². The molecule has 0 saturated carbocycles. The average molecular weight is 309 g/mol. The fraction of sp³-hybridized carbons (Fsp3) is 0.733. The first-order chi connectivity index (χ1) is 10.3. The number of hydrogen-bond acceptors (Lipinski definition) is 4. The molecule has 0 aromatic carbocycles. The molecule has 0 aliphatic carbocycles. The number of rotatable bonds is 5. The molecule has 1 aromatic rings. The van der Waals surface area contributed by atoms with Crippen molar-refractivity contribution in [3.63, 3.8) is 0 Å².